The van der Waals surface area contributed by atoms with Gasteiger partial charge in [0.05, 0.1) is 6.61 Å². The SMILES string of the molecule is CCOC(=O)C1C(=O)/C(=C\c2ccccc2OCc2ccccc2)N=C1C. The van der Waals surface area contributed by atoms with E-state index < -0.39 is 11.9 Å². The predicted molar refractivity (Wildman–Crippen MR) is 103 cm³/mol. The average Bonchev–Trinajstić information content (AvgIpc) is 2.95. The van der Waals surface area contributed by atoms with Crippen LogP contribution in [-0.4, -0.2) is 24.1 Å². The summed E-state index contributed by atoms with van der Waals surface area (Å²) in [5, 5.41) is 0. The van der Waals surface area contributed by atoms with Crippen molar-refractivity contribution < 1.29 is 19.1 Å². The first-order chi connectivity index (χ1) is 13.1. The summed E-state index contributed by atoms with van der Waals surface area (Å²) in [7, 11) is 0. The van der Waals surface area contributed by atoms with Gasteiger partial charge in [0.1, 0.15) is 18.1 Å². The minimum atomic E-state index is -0.950. The minimum Gasteiger partial charge on any atom is -0.488 e. The number of hydrogen-bond acceptors (Lipinski definition) is 5. The molecule has 5 heteroatoms. The fraction of sp³-hybridized carbons (Fsp3) is 0.227. The zero-order valence-corrected chi connectivity index (χ0v) is 15.3. The van der Waals surface area contributed by atoms with Gasteiger partial charge in [-0.3, -0.25) is 14.6 Å². The topological polar surface area (TPSA) is 65.0 Å². The first-order valence-electron chi connectivity index (χ1n) is 8.83. The fourth-order valence-electron chi connectivity index (χ4n) is 2.87. The lowest BCUT2D eigenvalue weighted by atomic mass is 10.00. The lowest BCUT2D eigenvalue weighted by Gasteiger charge is -2.10. The molecular weight excluding hydrogens is 342 g/mol. The van der Waals surface area contributed by atoms with Crippen molar-refractivity contribution >= 4 is 23.5 Å². The Morgan fingerprint density at radius 1 is 1.11 bits per heavy atom. The molecule has 0 aliphatic carbocycles. The summed E-state index contributed by atoms with van der Waals surface area (Å²) in [6, 6.07) is 17.3. The van der Waals surface area contributed by atoms with E-state index >= 15 is 0 Å². The van der Waals surface area contributed by atoms with Crippen LogP contribution >= 0.6 is 0 Å². The Labute approximate surface area is 158 Å². The third-order valence-corrected chi connectivity index (χ3v) is 4.20. The van der Waals surface area contributed by atoms with E-state index in [0.717, 1.165) is 11.1 Å². The molecule has 138 valence electrons. The molecule has 0 fully saturated rings. The van der Waals surface area contributed by atoms with Crippen molar-refractivity contribution in [2.75, 3.05) is 6.61 Å². The fourth-order valence-corrected chi connectivity index (χ4v) is 2.87. The maximum absolute atomic E-state index is 12.6. The normalized spacial score (nSPS) is 17.7. The molecule has 0 saturated heterocycles. The molecule has 5 nitrogen and oxygen atoms in total. The van der Waals surface area contributed by atoms with Gasteiger partial charge in [-0.15, -0.1) is 0 Å². The van der Waals surface area contributed by atoms with Gasteiger partial charge in [0, 0.05) is 11.3 Å². The summed E-state index contributed by atoms with van der Waals surface area (Å²) in [5.74, 6) is -1.20. The Morgan fingerprint density at radius 2 is 1.81 bits per heavy atom. The number of ketones is 1. The second-order valence-electron chi connectivity index (χ2n) is 6.14. The van der Waals surface area contributed by atoms with Gasteiger partial charge in [-0.25, -0.2) is 0 Å². The predicted octanol–water partition coefficient (Wildman–Crippen LogP) is 3.83. The first kappa shape index (κ1) is 18.6. The molecule has 0 radical (unpaired) electrons. The zero-order valence-electron chi connectivity index (χ0n) is 15.3. The third-order valence-electron chi connectivity index (χ3n) is 4.20. The molecule has 0 amide bonds. The summed E-state index contributed by atoms with van der Waals surface area (Å²) in [6.45, 7) is 4.02. The number of rotatable bonds is 6. The zero-order chi connectivity index (χ0) is 19.2. The molecule has 0 aromatic heterocycles. The number of aliphatic imine (C=N–C) groups is 1. The molecular formula is C22H21NO4. The van der Waals surface area contributed by atoms with Gasteiger partial charge < -0.3 is 9.47 Å². The van der Waals surface area contributed by atoms with Crippen molar-refractivity contribution in [2.24, 2.45) is 10.9 Å². The van der Waals surface area contributed by atoms with Crippen LogP contribution in [0.1, 0.15) is 25.0 Å². The van der Waals surface area contributed by atoms with Crippen LogP contribution in [-0.2, 0) is 20.9 Å². The molecule has 2 aromatic rings. The number of allylic oxidation sites excluding steroid dienone is 1. The maximum atomic E-state index is 12.6. The lowest BCUT2D eigenvalue weighted by molar-refractivity contribution is -0.147. The number of benzene rings is 2. The molecule has 3 rings (SSSR count). The summed E-state index contributed by atoms with van der Waals surface area (Å²) >= 11 is 0. The van der Waals surface area contributed by atoms with Crippen LogP contribution in [0.3, 0.4) is 0 Å². The van der Waals surface area contributed by atoms with Gasteiger partial charge in [0.2, 0.25) is 5.78 Å². The number of Topliss-reactive ketones (excluding diaryl/α,β-unsaturated/α-hetero) is 1. The molecule has 27 heavy (non-hydrogen) atoms. The van der Waals surface area contributed by atoms with Gasteiger partial charge >= 0.3 is 5.97 Å². The van der Waals surface area contributed by atoms with E-state index in [1.165, 1.54) is 0 Å². The molecule has 1 atom stereocenters. The van der Waals surface area contributed by atoms with Gasteiger partial charge in [-0.1, -0.05) is 48.5 Å². The summed E-state index contributed by atoms with van der Waals surface area (Å²) < 4.78 is 10.9. The number of nitrogens with zero attached hydrogens (tertiary/aromatic N) is 1. The van der Waals surface area contributed by atoms with Crippen LogP contribution in [0.5, 0.6) is 5.75 Å². The van der Waals surface area contributed by atoms with Crippen molar-refractivity contribution in [3.8, 4) is 5.75 Å². The highest BCUT2D eigenvalue weighted by atomic mass is 16.5. The van der Waals surface area contributed by atoms with E-state index in [2.05, 4.69) is 4.99 Å². The molecule has 1 aliphatic heterocycles. The molecule has 0 spiro atoms. The number of ether oxygens (including phenoxy) is 2. The van der Waals surface area contributed by atoms with E-state index in [9.17, 15) is 9.59 Å². The van der Waals surface area contributed by atoms with Crippen molar-refractivity contribution in [3.05, 3.63) is 71.4 Å². The molecule has 1 aliphatic rings. The van der Waals surface area contributed by atoms with Crippen LogP contribution in [0.15, 0.2) is 65.3 Å². The number of carbonyl (C=O) groups excluding carboxylic acids is 2. The smallest absolute Gasteiger partial charge is 0.322 e. The van der Waals surface area contributed by atoms with Crippen LogP contribution in [0.4, 0.5) is 0 Å². The number of carbonyl (C=O) groups is 2. The Kier molecular flexibility index (Phi) is 5.81. The molecule has 0 bridgehead atoms. The first-order valence-corrected chi connectivity index (χ1v) is 8.83. The Bertz CT molecular complexity index is 900. The van der Waals surface area contributed by atoms with Crippen LogP contribution in [0.25, 0.3) is 6.08 Å². The van der Waals surface area contributed by atoms with Crippen LogP contribution in [0, 0.1) is 5.92 Å². The Hall–Kier alpha value is -3.21. The monoisotopic (exact) mass is 363 g/mol. The number of para-hydroxylation sites is 1. The van der Waals surface area contributed by atoms with E-state index in [1.807, 2.05) is 54.6 Å². The summed E-state index contributed by atoms with van der Waals surface area (Å²) in [5.41, 5.74) is 2.47. The third kappa shape index (κ3) is 4.31. The summed E-state index contributed by atoms with van der Waals surface area (Å²) in [4.78, 5) is 28.9. The van der Waals surface area contributed by atoms with E-state index in [0.29, 0.717) is 18.1 Å². The van der Waals surface area contributed by atoms with Crippen LogP contribution in [0.2, 0.25) is 0 Å². The highest BCUT2D eigenvalue weighted by Gasteiger charge is 2.38. The molecule has 2 aromatic carbocycles. The standard InChI is InChI=1S/C22H21NO4/c1-3-26-22(25)20-15(2)23-18(21(20)24)13-17-11-7-8-12-19(17)27-14-16-9-5-4-6-10-16/h4-13,20H,3,14H2,1-2H3/b18-13+. The number of hydrogen-bond donors (Lipinski definition) is 0. The Balaban J connectivity index is 1.81. The average molecular weight is 363 g/mol. The highest BCUT2D eigenvalue weighted by molar-refractivity contribution is 6.28. The minimum absolute atomic E-state index is 0.227. The molecule has 1 heterocycles. The van der Waals surface area contributed by atoms with E-state index in [1.54, 1.807) is 19.9 Å². The van der Waals surface area contributed by atoms with Crippen LogP contribution < -0.4 is 4.74 Å². The van der Waals surface area contributed by atoms with Crippen molar-refractivity contribution in [2.45, 2.75) is 20.5 Å². The van der Waals surface area contributed by atoms with Gasteiger partial charge in [-0.05, 0) is 31.6 Å². The van der Waals surface area contributed by atoms with E-state index in [-0.39, 0.29) is 18.1 Å². The van der Waals surface area contributed by atoms with Gasteiger partial charge in [0.25, 0.3) is 0 Å². The highest BCUT2D eigenvalue weighted by Crippen LogP contribution is 2.27. The van der Waals surface area contributed by atoms with Crippen molar-refractivity contribution in [1.82, 2.24) is 0 Å². The van der Waals surface area contributed by atoms with Gasteiger partial charge in [-0.2, -0.15) is 0 Å². The second-order valence-corrected chi connectivity index (χ2v) is 6.14. The van der Waals surface area contributed by atoms with E-state index in [4.69, 9.17) is 9.47 Å². The maximum Gasteiger partial charge on any atom is 0.322 e. The van der Waals surface area contributed by atoms with Crippen molar-refractivity contribution in [1.29, 1.82) is 0 Å². The molecule has 1 unspecified atom stereocenters. The number of esters is 1. The second kappa shape index (κ2) is 8.45. The largest absolute Gasteiger partial charge is 0.488 e. The summed E-state index contributed by atoms with van der Waals surface area (Å²) in [6.07, 6.45) is 1.66. The quantitative estimate of drug-likeness (QED) is 0.444. The van der Waals surface area contributed by atoms with Gasteiger partial charge in [0.15, 0.2) is 5.92 Å². The molecule has 0 saturated carbocycles. The van der Waals surface area contributed by atoms with Crippen molar-refractivity contribution in [3.63, 3.8) is 0 Å². The molecule has 0 N–H and O–H groups in total. The Morgan fingerprint density at radius 3 is 2.56 bits per heavy atom. The lowest BCUT2D eigenvalue weighted by Crippen LogP contribution is -2.28.